The molecule has 3 rings (SSSR count). The van der Waals surface area contributed by atoms with Gasteiger partial charge in [0.15, 0.2) is 0 Å². The van der Waals surface area contributed by atoms with Crippen molar-refractivity contribution in [1.82, 2.24) is 0 Å². The van der Waals surface area contributed by atoms with E-state index < -0.39 is 26.4 Å². The standard InChI is InChI=1S/C18H15O4P.C3H7NO3/c19-23(20-16-10-4-1-5-11-16,21-17-12-6-2-7-13-17)22-18-14-8-3-9-15-18;4-2(1-5)3(6)7/h1-15H;2,5H,1,4H2,(H,6,7)/t;2-/m.0/s1. The highest BCUT2D eigenvalue weighted by Gasteiger charge is 2.33. The molecule has 158 valence electrons. The summed E-state index contributed by atoms with van der Waals surface area (Å²) in [7, 11) is -3.89. The van der Waals surface area contributed by atoms with Gasteiger partial charge in [0.1, 0.15) is 23.3 Å². The Labute approximate surface area is 174 Å². The summed E-state index contributed by atoms with van der Waals surface area (Å²) in [5, 5.41) is 15.9. The molecular weight excluding hydrogens is 409 g/mol. The molecule has 0 radical (unpaired) electrons. The summed E-state index contributed by atoms with van der Waals surface area (Å²) in [5.41, 5.74) is 4.77. The maximum Gasteiger partial charge on any atom is 0.647 e. The third-order valence-corrected chi connectivity index (χ3v) is 4.70. The summed E-state index contributed by atoms with van der Waals surface area (Å²) in [5.74, 6) is 0.0376. The second-order valence-corrected chi connectivity index (χ2v) is 7.23. The zero-order valence-electron chi connectivity index (χ0n) is 15.9. The van der Waals surface area contributed by atoms with Crippen LogP contribution in [-0.4, -0.2) is 28.8 Å². The van der Waals surface area contributed by atoms with Crippen LogP contribution in [0.3, 0.4) is 0 Å². The number of carboxylic acids is 1. The number of para-hydroxylation sites is 3. The monoisotopic (exact) mass is 431 g/mol. The summed E-state index contributed by atoms with van der Waals surface area (Å²) < 4.78 is 29.6. The van der Waals surface area contributed by atoms with E-state index in [1.54, 1.807) is 72.8 Å². The predicted molar refractivity (Wildman–Crippen MR) is 112 cm³/mol. The van der Waals surface area contributed by atoms with Gasteiger partial charge < -0.3 is 29.5 Å². The predicted octanol–water partition coefficient (Wildman–Crippen LogP) is 3.72. The molecule has 0 aromatic heterocycles. The summed E-state index contributed by atoms with van der Waals surface area (Å²) >= 11 is 0. The van der Waals surface area contributed by atoms with Crippen molar-refractivity contribution >= 4 is 13.8 Å². The van der Waals surface area contributed by atoms with E-state index in [1.807, 2.05) is 18.2 Å². The van der Waals surface area contributed by atoms with Gasteiger partial charge in [0.25, 0.3) is 0 Å². The van der Waals surface area contributed by atoms with Crippen molar-refractivity contribution in [2.24, 2.45) is 5.73 Å². The summed E-state index contributed by atoms with van der Waals surface area (Å²) in [6, 6.07) is 25.2. The van der Waals surface area contributed by atoms with Crippen LogP contribution in [0.2, 0.25) is 0 Å². The van der Waals surface area contributed by atoms with Crippen LogP contribution in [0.1, 0.15) is 0 Å². The average molecular weight is 431 g/mol. The van der Waals surface area contributed by atoms with Gasteiger partial charge in [0.05, 0.1) is 6.61 Å². The van der Waals surface area contributed by atoms with E-state index in [-0.39, 0.29) is 0 Å². The molecule has 0 fully saturated rings. The lowest BCUT2D eigenvalue weighted by atomic mass is 10.3. The first-order chi connectivity index (χ1) is 14.4. The fourth-order valence-electron chi connectivity index (χ4n) is 1.97. The minimum atomic E-state index is -3.89. The van der Waals surface area contributed by atoms with Crippen molar-refractivity contribution < 1.29 is 33.1 Å². The number of aliphatic hydroxyl groups is 1. The van der Waals surface area contributed by atoms with Crippen LogP contribution < -0.4 is 19.3 Å². The zero-order valence-corrected chi connectivity index (χ0v) is 16.8. The molecule has 0 spiro atoms. The maximum atomic E-state index is 13.1. The van der Waals surface area contributed by atoms with Gasteiger partial charge in [-0.1, -0.05) is 54.6 Å². The van der Waals surface area contributed by atoms with E-state index in [9.17, 15) is 9.36 Å². The first kappa shape index (κ1) is 23.0. The molecule has 0 saturated carbocycles. The fourth-order valence-corrected chi connectivity index (χ4v) is 3.22. The molecule has 0 saturated heterocycles. The molecule has 0 aliphatic rings. The number of carboxylic acid groups (broad SMARTS) is 1. The Hall–Kier alpha value is -3.32. The van der Waals surface area contributed by atoms with Gasteiger partial charge >= 0.3 is 13.8 Å². The Balaban J connectivity index is 0.000000396. The molecular formula is C21H22NO7P. The van der Waals surface area contributed by atoms with Crippen molar-refractivity contribution in [3.05, 3.63) is 91.0 Å². The molecule has 9 heteroatoms. The highest BCUT2D eigenvalue weighted by atomic mass is 31.2. The van der Waals surface area contributed by atoms with Crippen molar-refractivity contribution in [2.75, 3.05) is 6.61 Å². The summed E-state index contributed by atoms with van der Waals surface area (Å²) in [6.07, 6.45) is 0. The van der Waals surface area contributed by atoms with E-state index in [4.69, 9.17) is 29.5 Å². The molecule has 8 nitrogen and oxygen atoms in total. The van der Waals surface area contributed by atoms with Crippen LogP contribution in [0.5, 0.6) is 17.2 Å². The lowest BCUT2D eigenvalue weighted by Crippen LogP contribution is -2.33. The van der Waals surface area contributed by atoms with Crippen LogP contribution >= 0.6 is 7.82 Å². The normalized spacial score (nSPS) is 11.4. The van der Waals surface area contributed by atoms with Crippen molar-refractivity contribution in [1.29, 1.82) is 0 Å². The maximum absolute atomic E-state index is 13.1. The fraction of sp³-hybridized carbons (Fsp3) is 0.0952. The number of phosphoric acid groups is 1. The van der Waals surface area contributed by atoms with Gasteiger partial charge in [-0.2, -0.15) is 4.57 Å². The van der Waals surface area contributed by atoms with Gasteiger partial charge in [-0.05, 0) is 36.4 Å². The molecule has 0 aliphatic heterocycles. The number of benzene rings is 3. The van der Waals surface area contributed by atoms with Gasteiger partial charge in [-0.25, -0.2) is 0 Å². The van der Waals surface area contributed by atoms with Crippen molar-refractivity contribution in [3.8, 4) is 17.2 Å². The number of phosphoric ester groups is 1. The van der Waals surface area contributed by atoms with E-state index in [2.05, 4.69) is 0 Å². The SMILES string of the molecule is N[C@@H](CO)C(=O)O.O=P(Oc1ccccc1)(Oc1ccccc1)Oc1ccccc1. The number of hydrogen-bond donors (Lipinski definition) is 3. The largest absolute Gasteiger partial charge is 0.647 e. The Morgan fingerprint density at radius 3 is 1.27 bits per heavy atom. The van der Waals surface area contributed by atoms with Crippen molar-refractivity contribution in [3.63, 3.8) is 0 Å². The average Bonchev–Trinajstić information content (AvgIpc) is 2.75. The van der Waals surface area contributed by atoms with E-state index >= 15 is 0 Å². The Kier molecular flexibility index (Phi) is 8.90. The minimum Gasteiger partial charge on any atom is -0.480 e. The topological polar surface area (TPSA) is 128 Å². The number of carbonyl (C=O) groups is 1. The summed E-state index contributed by atoms with van der Waals surface area (Å²) in [6.45, 7) is -0.505. The number of rotatable bonds is 8. The zero-order chi connectivity index (χ0) is 21.8. The van der Waals surface area contributed by atoms with Gasteiger partial charge in [0.2, 0.25) is 0 Å². The third kappa shape index (κ3) is 7.97. The molecule has 0 aliphatic carbocycles. The van der Waals surface area contributed by atoms with E-state index in [0.29, 0.717) is 17.2 Å². The molecule has 4 N–H and O–H groups in total. The lowest BCUT2D eigenvalue weighted by molar-refractivity contribution is -0.139. The highest BCUT2D eigenvalue weighted by molar-refractivity contribution is 7.49. The highest BCUT2D eigenvalue weighted by Crippen LogP contribution is 2.49. The third-order valence-electron chi connectivity index (χ3n) is 3.40. The Morgan fingerprint density at radius 2 is 1.07 bits per heavy atom. The van der Waals surface area contributed by atoms with E-state index in [0.717, 1.165) is 0 Å². The molecule has 1 atom stereocenters. The van der Waals surface area contributed by atoms with Crippen LogP contribution in [0.4, 0.5) is 0 Å². The first-order valence-corrected chi connectivity index (χ1v) is 10.3. The van der Waals surface area contributed by atoms with Crippen LogP contribution in [0.15, 0.2) is 91.0 Å². The molecule has 0 amide bonds. The second-order valence-electron chi connectivity index (χ2n) is 5.79. The molecule has 3 aromatic carbocycles. The number of nitrogens with two attached hydrogens (primary N) is 1. The first-order valence-electron chi connectivity index (χ1n) is 8.85. The van der Waals surface area contributed by atoms with Gasteiger partial charge in [0, 0.05) is 0 Å². The second kappa shape index (κ2) is 11.6. The smallest absolute Gasteiger partial charge is 0.480 e. The minimum absolute atomic E-state index is 0.405. The molecule has 0 bridgehead atoms. The number of aliphatic hydroxyl groups excluding tert-OH is 1. The van der Waals surface area contributed by atoms with Gasteiger partial charge in [-0.15, -0.1) is 0 Å². The molecule has 30 heavy (non-hydrogen) atoms. The number of aliphatic carboxylic acids is 1. The molecule has 3 aromatic rings. The van der Waals surface area contributed by atoms with Crippen molar-refractivity contribution in [2.45, 2.75) is 6.04 Å². The Bertz CT molecular complexity index is 831. The van der Waals surface area contributed by atoms with Crippen LogP contribution in [0, 0.1) is 0 Å². The number of hydrogen-bond acceptors (Lipinski definition) is 7. The molecule has 0 heterocycles. The molecule has 0 unspecified atom stereocenters. The lowest BCUT2D eigenvalue weighted by Gasteiger charge is -2.19. The van der Waals surface area contributed by atoms with Crippen LogP contribution in [-0.2, 0) is 9.36 Å². The van der Waals surface area contributed by atoms with Crippen LogP contribution in [0.25, 0.3) is 0 Å². The Morgan fingerprint density at radius 1 is 0.767 bits per heavy atom. The van der Waals surface area contributed by atoms with Gasteiger partial charge in [-0.3, -0.25) is 4.79 Å². The quantitative estimate of drug-likeness (QED) is 0.461. The van der Waals surface area contributed by atoms with E-state index in [1.165, 1.54) is 0 Å². The summed E-state index contributed by atoms with van der Waals surface area (Å²) in [4.78, 5) is 9.65.